The van der Waals surface area contributed by atoms with E-state index in [9.17, 15) is 9.59 Å². The molecule has 1 saturated carbocycles. The summed E-state index contributed by atoms with van der Waals surface area (Å²) in [5, 5.41) is 0. The Hall–Kier alpha value is -3.42. The number of ether oxygens (including phenoxy) is 6. The van der Waals surface area contributed by atoms with Gasteiger partial charge in [-0.15, -0.1) is 0 Å². The molecule has 0 heterocycles. The van der Waals surface area contributed by atoms with Gasteiger partial charge in [0.2, 0.25) is 11.2 Å². The highest BCUT2D eigenvalue weighted by Crippen LogP contribution is 2.50. The Balaban J connectivity index is 1.78. The molecule has 0 bridgehead atoms. The van der Waals surface area contributed by atoms with Gasteiger partial charge in [-0.1, -0.05) is 27.2 Å². The minimum absolute atomic E-state index is 0.182. The quantitative estimate of drug-likeness (QED) is 0.376. The second-order valence-electron chi connectivity index (χ2n) is 10.8. The normalized spacial score (nSPS) is 22.2. The fourth-order valence-corrected chi connectivity index (χ4v) is 6.07. The molecule has 2 aromatic carbocycles. The second-order valence-corrected chi connectivity index (χ2v) is 10.8. The molecule has 4 rings (SSSR count). The van der Waals surface area contributed by atoms with Crippen molar-refractivity contribution in [3.05, 3.63) is 45.6 Å². The molecule has 2 aliphatic rings. The number of aryl methyl sites for hydroxylation is 1. The van der Waals surface area contributed by atoms with E-state index in [0.29, 0.717) is 59.0 Å². The number of fused-ring (bicyclic) bond motifs is 3. The Kier molecular flexibility index (Phi) is 8.93. The zero-order chi connectivity index (χ0) is 28.3. The van der Waals surface area contributed by atoms with E-state index in [1.807, 2.05) is 6.07 Å². The van der Waals surface area contributed by atoms with Gasteiger partial charge in [0, 0.05) is 11.1 Å². The first-order chi connectivity index (χ1) is 18.7. The Labute approximate surface area is 230 Å². The van der Waals surface area contributed by atoms with Crippen LogP contribution in [-0.2, 0) is 15.9 Å². The van der Waals surface area contributed by atoms with Crippen LogP contribution in [0.25, 0.3) is 11.1 Å². The molecule has 0 saturated heterocycles. The van der Waals surface area contributed by atoms with Crippen LogP contribution < -0.4 is 24.4 Å². The van der Waals surface area contributed by atoms with Crippen LogP contribution >= 0.6 is 0 Å². The summed E-state index contributed by atoms with van der Waals surface area (Å²) in [5.74, 6) is 2.80. The molecule has 0 aliphatic heterocycles. The fourth-order valence-electron chi connectivity index (χ4n) is 6.07. The molecule has 0 N–H and O–H groups in total. The van der Waals surface area contributed by atoms with Crippen LogP contribution in [0.5, 0.6) is 23.0 Å². The lowest BCUT2D eigenvalue weighted by Crippen LogP contribution is -2.36. The van der Waals surface area contributed by atoms with E-state index in [-0.39, 0.29) is 17.3 Å². The number of rotatable bonds is 7. The molecule has 0 amide bonds. The lowest BCUT2D eigenvalue weighted by Gasteiger charge is -2.36. The third-order valence-corrected chi connectivity index (χ3v) is 8.11. The van der Waals surface area contributed by atoms with Crippen LogP contribution in [-0.4, -0.2) is 40.7 Å². The van der Waals surface area contributed by atoms with Gasteiger partial charge < -0.3 is 28.4 Å². The Morgan fingerprint density at radius 2 is 1.59 bits per heavy atom. The van der Waals surface area contributed by atoms with Gasteiger partial charge in [0.15, 0.2) is 17.2 Å². The highest BCUT2D eigenvalue weighted by Gasteiger charge is 2.36. The van der Waals surface area contributed by atoms with Crippen molar-refractivity contribution in [1.29, 1.82) is 0 Å². The van der Waals surface area contributed by atoms with Crippen molar-refractivity contribution in [1.82, 2.24) is 0 Å². The van der Waals surface area contributed by atoms with Gasteiger partial charge in [-0.05, 0) is 78.8 Å². The second kappa shape index (κ2) is 12.2. The van der Waals surface area contributed by atoms with Crippen LogP contribution in [0.15, 0.2) is 29.1 Å². The number of hydrogen-bond donors (Lipinski definition) is 0. The van der Waals surface area contributed by atoms with Gasteiger partial charge in [0.05, 0.1) is 28.4 Å². The monoisotopic (exact) mass is 540 g/mol. The summed E-state index contributed by atoms with van der Waals surface area (Å²) in [5.41, 5.74) is 2.60. The Morgan fingerprint density at radius 3 is 2.23 bits per heavy atom. The van der Waals surface area contributed by atoms with Crippen molar-refractivity contribution in [3.63, 3.8) is 0 Å². The molecule has 8 nitrogen and oxygen atoms in total. The fraction of sp³-hybridized carbons (Fsp3) is 0.548. The number of benzene rings is 1. The van der Waals surface area contributed by atoms with E-state index in [0.717, 1.165) is 30.4 Å². The lowest BCUT2D eigenvalue weighted by atomic mass is 9.75. The predicted octanol–water partition coefficient (Wildman–Crippen LogP) is 6.35. The van der Waals surface area contributed by atoms with Gasteiger partial charge in [0.1, 0.15) is 12.2 Å². The average Bonchev–Trinajstić information content (AvgIpc) is 3.15. The zero-order valence-electron chi connectivity index (χ0n) is 24.0. The molecule has 8 heteroatoms. The van der Waals surface area contributed by atoms with Crippen molar-refractivity contribution in [2.24, 2.45) is 17.8 Å². The van der Waals surface area contributed by atoms with Crippen LogP contribution in [0.3, 0.4) is 0 Å². The molecular formula is C31H40O8. The van der Waals surface area contributed by atoms with E-state index in [2.05, 4.69) is 20.8 Å². The summed E-state index contributed by atoms with van der Waals surface area (Å²) in [7, 11) is 6.13. The maximum absolute atomic E-state index is 13.2. The molecule has 4 atom stereocenters. The minimum atomic E-state index is -0.718. The molecule has 39 heavy (non-hydrogen) atoms. The molecule has 0 aromatic heterocycles. The summed E-state index contributed by atoms with van der Waals surface area (Å²) < 4.78 is 34.3. The van der Waals surface area contributed by atoms with E-state index in [1.54, 1.807) is 33.5 Å². The molecule has 0 spiro atoms. The zero-order valence-corrected chi connectivity index (χ0v) is 24.0. The van der Waals surface area contributed by atoms with Gasteiger partial charge in [-0.2, -0.15) is 0 Å². The first kappa shape index (κ1) is 28.6. The predicted molar refractivity (Wildman–Crippen MR) is 148 cm³/mol. The van der Waals surface area contributed by atoms with E-state index >= 15 is 0 Å². The van der Waals surface area contributed by atoms with Gasteiger partial charge in [-0.3, -0.25) is 4.79 Å². The SMILES string of the molecule is COc1cc2c(c(OC)c1OC)-c1ccc(OC)c(=O)cc1[C@@H](OC(=O)O[C@@H]1C[C@H](C)CC[C@H]1C(C)C)CC2. The first-order valence-corrected chi connectivity index (χ1v) is 13.6. The van der Waals surface area contributed by atoms with Crippen molar-refractivity contribution < 1.29 is 33.2 Å². The van der Waals surface area contributed by atoms with Crippen LogP contribution in [0.2, 0.25) is 0 Å². The molecular weight excluding hydrogens is 500 g/mol. The minimum Gasteiger partial charge on any atom is -0.493 e. The highest BCUT2D eigenvalue weighted by atomic mass is 16.7. The summed E-state index contributed by atoms with van der Waals surface area (Å²) >= 11 is 0. The Bertz CT molecular complexity index is 1250. The number of methoxy groups -OCH3 is 4. The third kappa shape index (κ3) is 5.80. The topological polar surface area (TPSA) is 89.5 Å². The first-order valence-electron chi connectivity index (χ1n) is 13.6. The lowest BCUT2D eigenvalue weighted by molar-refractivity contribution is -0.0467. The molecule has 0 unspecified atom stereocenters. The maximum atomic E-state index is 13.2. The average molecular weight is 541 g/mol. The number of carbonyl (C=O) groups is 1. The van der Waals surface area contributed by atoms with E-state index in [1.165, 1.54) is 13.2 Å². The smallest absolute Gasteiger partial charge is 0.493 e. The standard InChI is InChI=1S/C31H40O8/c1-17(2)20-10-8-18(3)14-26(20)39-31(33)38-24-12-9-19-15-27(35-5)29(36-6)30(37-7)28(19)21-11-13-25(34-4)23(32)16-22(21)24/h11,13,15-18,20,24,26H,8-10,12,14H2,1-7H3/t18-,20+,24+,26-/m1/s1. The van der Waals surface area contributed by atoms with Crippen molar-refractivity contribution in [2.45, 2.75) is 65.1 Å². The van der Waals surface area contributed by atoms with Crippen molar-refractivity contribution >= 4 is 6.16 Å². The van der Waals surface area contributed by atoms with Crippen LogP contribution in [0.4, 0.5) is 4.79 Å². The van der Waals surface area contributed by atoms with E-state index in [4.69, 9.17) is 28.4 Å². The molecule has 2 aliphatic carbocycles. The number of carbonyl (C=O) groups excluding carboxylic acids is 1. The number of hydrogen-bond acceptors (Lipinski definition) is 8. The summed E-state index contributed by atoms with van der Waals surface area (Å²) in [6.45, 7) is 6.52. The van der Waals surface area contributed by atoms with Crippen LogP contribution in [0, 0.1) is 17.8 Å². The molecule has 2 aromatic rings. The van der Waals surface area contributed by atoms with E-state index < -0.39 is 12.3 Å². The van der Waals surface area contributed by atoms with Gasteiger partial charge in [0.25, 0.3) is 0 Å². The molecule has 1 fully saturated rings. The van der Waals surface area contributed by atoms with Gasteiger partial charge in [-0.25, -0.2) is 4.79 Å². The van der Waals surface area contributed by atoms with Crippen molar-refractivity contribution in [2.75, 3.05) is 28.4 Å². The largest absolute Gasteiger partial charge is 0.509 e. The van der Waals surface area contributed by atoms with Crippen molar-refractivity contribution in [3.8, 4) is 34.1 Å². The molecule has 212 valence electrons. The van der Waals surface area contributed by atoms with Gasteiger partial charge >= 0.3 is 6.16 Å². The van der Waals surface area contributed by atoms with Crippen LogP contribution in [0.1, 0.15) is 63.7 Å². The molecule has 0 radical (unpaired) electrons. The Morgan fingerprint density at radius 1 is 0.872 bits per heavy atom. The summed E-state index contributed by atoms with van der Waals surface area (Å²) in [4.78, 5) is 26.3. The maximum Gasteiger partial charge on any atom is 0.509 e. The third-order valence-electron chi connectivity index (χ3n) is 8.11. The highest BCUT2D eigenvalue weighted by molar-refractivity contribution is 5.82. The summed E-state index contributed by atoms with van der Waals surface area (Å²) in [6, 6.07) is 6.81. The summed E-state index contributed by atoms with van der Waals surface area (Å²) in [6.07, 6.45) is 2.33.